The molecule has 4 rings (SSSR count). The van der Waals surface area contributed by atoms with E-state index in [1.165, 1.54) is 50.1 Å². The number of ether oxygens (including phenoxy) is 2. The van der Waals surface area contributed by atoms with Gasteiger partial charge in [-0.25, -0.2) is 9.97 Å². The quantitative estimate of drug-likeness (QED) is 0.410. The Bertz CT molecular complexity index is 1260. The summed E-state index contributed by atoms with van der Waals surface area (Å²) in [5.41, 5.74) is -1.11. The number of piperidine rings is 1. The Morgan fingerprint density at radius 2 is 1.68 bits per heavy atom. The topological polar surface area (TPSA) is 114 Å². The highest BCUT2D eigenvalue weighted by atomic mass is 19.4. The van der Waals surface area contributed by atoms with Gasteiger partial charge in [-0.05, 0) is 61.8 Å². The maximum absolute atomic E-state index is 13.5. The predicted octanol–water partition coefficient (Wildman–Crippen LogP) is 3.46. The number of hydrogen-bond donors (Lipinski definition) is 3. The van der Waals surface area contributed by atoms with Gasteiger partial charge in [0.1, 0.15) is 34.7 Å². The van der Waals surface area contributed by atoms with Crippen LogP contribution in [0.15, 0.2) is 61.2 Å². The zero-order chi connectivity index (χ0) is 27.2. The third-order valence-corrected chi connectivity index (χ3v) is 6.16. The van der Waals surface area contributed by atoms with Crippen molar-refractivity contribution < 1.29 is 32.2 Å². The molecule has 0 bridgehead atoms. The molecule has 12 heteroatoms. The molecule has 2 heterocycles. The van der Waals surface area contributed by atoms with Gasteiger partial charge in [0.15, 0.2) is 0 Å². The van der Waals surface area contributed by atoms with Crippen molar-refractivity contribution in [2.24, 2.45) is 0 Å². The fourth-order valence-corrected chi connectivity index (χ4v) is 4.07. The van der Waals surface area contributed by atoms with E-state index in [1.807, 2.05) is 0 Å². The minimum Gasteiger partial charge on any atom is -0.497 e. The molecule has 200 valence electrons. The van der Waals surface area contributed by atoms with Gasteiger partial charge in [0, 0.05) is 18.9 Å². The first-order valence-corrected chi connectivity index (χ1v) is 11.8. The molecule has 1 aromatic heterocycles. The minimum absolute atomic E-state index is 0.0653. The molecule has 0 unspecified atom stereocenters. The van der Waals surface area contributed by atoms with Gasteiger partial charge in [-0.2, -0.15) is 13.2 Å². The first-order chi connectivity index (χ1) is 18.2. The number of benzene rings is 2. The van der Waals surface area contributed by atoms with Crippen molar-refractivity contribution in [3.05, 3.63) is 77.9 Å². The number of rotatable bonds is 8. The highest BCUT2D eigenvalue weighted by Crippen LogP contribution is 2.40. The van der Waals surface area contributed by atoms with Crippen molar-refractivity contribution in [1.82, 2.24) is 25.9 Å². The Kier molecular flexibility index (Phi) is 8.10. The van der Waals surface area contributed by atoms with Gasteiger partial charge in [-0.15, -0.1) is 0 Å². The second-order valence-corrected chi connectivity index (χ2v) is 8.70. The first-order valence-electron chi connectivity index (χ1n) is 11.8. The Hall–Kier alpha value is -4.19. The van der Waals surface area contributed by atoms with Gasteiger partial charge in [-0.1, -0.05) is 12.1 Å². The molecule has 1 aliphatic heterocycles. The number of aromatic nitrogens is 2. The molecule has 9 nitrogen and oxygen atoms in total. The molecule has 1 fully saturated rings. The maximum Gasteiger partial charge on any atom is 0.420 e. The number of nitrogens with zero attached hydrogens (tertiary/aromatic N) is 2. The maximum atomic E-state index is 13.5. The van der Waals surface area contributed by atoms with Crippen molar-refractivity contribution in [3.8, 4) is 17.2 Å². The van der Waals surface area contributed by atoms with E-state index in [4.69, 9.17) is 9.47 Å². The summed E-state index contributed by atoms with van der Waals surface area (Å²) in [6, 6.07) is 9.77. The van der Waals surface area contributed by atoms with Crippen LogP contribution < -0.4 is 25.4 Å². The van der Waals surface area contributed by atoms with E-state index in [-0.39, 0.29) is 35.3 Å². The van der Waals surface area contributed by atoms with Crippen LogP contribution in [0.5, 0.6) is 17.2 Å². The number of halogens is 3. The smallest absolute Gasteiger partial charge is 0.420 e. The molecule has 3 N–H and O–H groups in total. The molecule has 3 aromatic rings. The summed E-state index contributed by atoms with van der Waals surface area (Å²) in [6.07, 6.45) is 0.237. The molecule has 0 radical (unpaired) electrons. The van der Waals surface area contributed by atoms with Crippen LogP contribution in [0.2, 0.25) is 0 Å². The SMILES string of the molecule is COc1ccc(Oc2ccc(CNC(=O)C3(NC(=O)c4cncnc4)CCNCC3)cc2)c(C(F)(F)F)c1. The van der Waals surface area contributed by atoms with Crippen LogP contribution in [0.25, 0.3) is 0 Å². The standard InChI is InChI=1S/C26H26F3N5O4/c1-37-20-6-7-22(21(12-20)26(27,28)29)38-19-4-2-17(3-5-19)13-33-24(36)25(8-10-30-11-9-25)34-23(35)18-14-31-16-32-15-18/h2-7,12,14-16,30H,8-11,13H2,1H3,(H,33,36)(H,34,35). The van der Waals surface area contributed by atoms with E-state index >= 15 is 0 Å². The zero-order valence-corrected chi connectivity index (χ0v) is 20.5. The monoisotopic (exact) mass is 529 g/mol. The minimum atomic E-state index is -4.62. The van der Waals surface area contributed by atoms with E-state index < -0.39 is 23.2 Å². The summed E-state index contributed by atoms with van der Waals surface area (Å²) in [7, 11) is 1.28. The summed E-state index contributed by atoms with van der Waals surface area (Å²) >= 11 is 0. The van der Waals surface area contributed by atoms with Gasteiger partial charge in [-0.3, -0.25) is 9.59 Å². The van der Waals surface area contributed by atoms with E-state index in [9.17, 15) is 22.8 Å². The molecule has 1 aliphatic rings. The number of amides is 2. The molecular weight excluding hydrogens is 503 g/mol. The highest BCUT2D eigenvalue weighted by Gasteiger charge is 2.41. The Morgan fingerprint density at radius 1 is 1.03 bits per heavy atom. The lowest BCUT2D eigenvalue weighted by molar-refractivity contribution is -0.138. The van der Waals surface area contributed by atoms with Crippen LogP contribution in [0.1, 0.15) is 34.3 Å². The number of carbonyl (C=O) groups excluding carboxylic acids is 2. The van der Waals surface area contributed by atoms with Crippen LogP contribution >= 0.6 is 0 Å². The lowest BCUT2D eigenvalue weighted by Gasteiger charge is -2.37. The molecule has 0 saturated carbocycles. The molecule has 0 atom stereocenters. The lowest BCUT2D eigenvalue weighted by Crippen LogP contribution is -2.62. The van der Waals surface area contributed by atoms with Crippen molar-refractivity contribution in [2.45, 2.75) is 31.1 Å². The van der Waals surface area contributed by atoms with Crippen molar-refractivity contribution in [2.75, 3.05) is 20.2 Å². The van der Waals surface area contributed by atoms with E-state index in [0.29, 0.717) is 31.5 Å². The normalized spacial score (nSPS) is 14.8. The summed E-state index contributed by atoms with van der Waals surface area (Å²) < 4.78 is 50.7. The highest BCUT2D eigenvalue weighted by molar-refractivity contribution is 5.99. The summed E-state index contributed by atoms with van der Waals surface area (Å²) in [4.78, 5) is 33.6. The number of alkyl halides is 3. The Labute approximate surface area is 216 Å². The van der Waals surface area contributed by atoms with Gasteiger partial charge in [0.05, 0.1) is 12.7 Å². The van der Waals surface area contributed by atoms with Crippen LogP contribution in [0.4, 0.5) is 13.2 Å². The summed E-state index contributed by atoms with van der Waals surface area (Å²) in [6.45, 7) is 1.25. The first kappa shape index (κ1) is 26.9. The second kappa shape index (κ2) is 11.5. The molecule has 0 aliphatic carbocycles. The van der Waals surface area contributed by atoms with Gasteiger partial charge in [0.25, 0.3) is 5.91 Å². The summed E-state index contributed by atoms with van der Waals surface area (Å²) in [5, 5.41) is 8.90. The molecular formula is C26H26F3N5O4. The number of methoxy groups -OCH3 is 1. The molecule has 38 heavy (non-hydrogen) atoms. The van der Waals surface area contributed by atoms with Crippen molar-refractivity contribution >= 4 is 11.8 Å². The summed E-state index contributed by atoms with van der Waals surface area (Å²) in [5.74, 6) is -0.872. The largest absolute Gasteiger partial charge is 0.497 e. The number of hydrogen-bond acceptors (Lipinski definition) is 7. The third-order valence-electron chi connectivity index (χ3n) is 6.16. The second-order valence-electron chi connectivity index (χ2n) is 8.70. The molecule has 2 amide bonds. The van der Waals surface area contributed by atoms with Gasteiger partial charge < -0.3 is 25.4 Å². The Balaban J connectivity index is 1.41. The number of nitrogens with one attached hydrogen (secondary N) is 3. The predicted molar refractivity (Wildman–Crippen MR) is 131 cm³/mol. The average molecular weight is 530 g/mol. The number of carbonyl (C=O) groups is 2. The Morgan fingerprint density at radius 3 is 2.32 bits per heavy atom. The zero-order valence-electron chi connectivity index (χ0n) is 20.5. The van der Waals surface area contributed by atoms with Crippen LogP contribution in [0, 0.1) is 0 Å². The molecule has 2 aromatic carbocycles. The molecule has 1 saturated heterocycles. The van der Waals surface area contributed by atoms with Crippen molar-refractivity contribution in [1.29, 1.82) is 0 Å². The van der Waals surface area contributed by atoms with Gasteiger partial charge >= 0.3 is 6.18 Å². The van der Waals surface area contributed by atoms with Crippen LogP contribution in [0.3, 0.4) is 0 Å². The fourth-order valence-electron chi connectivity index (χ4n) is 4.07. The van der Waals surface area contributed by atoms with E-state index in [2.05, 4.69) is 25.9 Å². The van der Waals surface area contributed by atoms with Gasteiger partial charge in [0.2, 0.25) is 5.91 Å². The van der Waals surface area contributed by atoms with Crippen molar-refractivity contribution in [3.63, 3.8) is 0 Å². The van der Waals surface area contributed by atoms with Crippen LogP contribution in [-0.4, -0.2) is 47.5 Å². The van der Waals surface area contributed by atoms with Crippen LogP contribution in [-0.2, 0) is 17.5 Å². The van der Waals surface area contributed by atoms with E-state index in [1.54, 1.807) is 12.1 Å². The molecule has 0 spiro atoms. The third kappa shape index (κ3) is 6.38. The fraction of sp³-hybridized carbons (Fsp3) is 0.308. The lowest BCUT2D eigenvalue weighted by atomic mass is 9.86. The van der Waals surface area contributed by atoms with E-state index in [0.717, 1.165) is 6.07 Å². The average Bonchev–Trinajstić information content (AvgIpc) is 2.93.